The lowest BCUT2D eigenvalue weighted by Crippen LogP contribution is -2.30. The maximum atomic E-state index is 5.48. The Balaban J connectivity index is 3.44. The van der Waals surface area contributed by atoms with Crippen molar-refractivity contribution < 1.29 is 4.74 Å². The van der Waals surface area contributed by atoms with Gasteiger partial charge in [-0.15, -0.1) is 0 Å². The van der Waals surface area contributed by atoms with Gasteiger partial charge in [-0.3, -0.25) is 0 Å². The van der Waals surface area contributed by atoms with Crippen molar-refractivity contribution in [2.45, 2.75) is 59.5 Å². The highest BCUT2D eigenvalue weighted by atomic mass is 16.5. The quantitative estimate of drug-likeness (QED) is 0.604. The van der Waals surface area contributed by atoms with Gasteiger partial charge in [-0.2, -0.15) is 0 Å². The molecule has 0 spiro atoms. The Morgan fingerprint density at radius 1 is 1.13 bits per heavy atom. The number of hydrogen-bond acceptors (Lipinski definition) is 2. The molecule has 0 rings (SSSR count). The van der Waals surface area contributed by atoms with Gasteiger partial charge in [-0.1, -0.05) is 33.1 Å². The molecule has 0 aromatic rings. The molecule has 0 radical (unpaired) electrons. The Morgan fingerprint density at radius 2 is 1.87 bits per heavy atom. The van der Waals surface area contributed by atoms with E-state index in [-0.39, 0.29) is 0 Å². The van der Waals surface area contributed by atoms with Crippen molar-refractivity contribution in [1.29, 1.82) is 0 Å². The predicted molar refractivity (Wildman–Crippen MR) is 67.3 cm³/mol. The maximum Gasteiger partial charge on any atom is 0.0671 e. The van der Waals surface area contributed by atoms with E-state index in [1.165, 1.54) is 25.7 Å². The van der Waals surface area contributed by atoms with Crippen LogP contribution in [0.1, 0.15) is 53.4 Å². The summed E-state index contributed by atoms with van der Waals surface area (Å²) in [7, 11) is 0. The summed E-state index contributed by atoms with van der Waals surface area (Å²) in [4.78, 5) is 0. The zero-order valence-corrected chi connectivity index (χ0v) is 11.0. The molecule has 0 heterocycles. The zero-order valence-electron chi connectivity index (χ0n) is 11.0. The van der Waals surface area contributed by atoms with Crippen LogP contribution in [0.5, 0.6) is 0 Å². The summed E-state index contributed by atoms with van der Waals surface area (Å²) in [6.45, 7) is 11.7. The number of unbranched alkanes of at least 4 members (excludes halogenated alkanes) is 1. The molecular weight excluding hydrogens is 186 g/mol. The Morgan fingerprint density at radius 3 is 2.40 bits per heavy atom. The van der Waals surface area contributed by atoms with E-state index in [1.54, 1.807) is 0 Å². The van der Waals surface area contributed by atoms with Crippen LogP contribution in [0.25, 0.3) is 0 Å². The van der Waals surface area contributed by atoms with Gasteiger partial charge < -0.3 is 10.1 Å². The van der Waals surface area contributed by atoms with Crippen molar-refractivity contribution in [1.82, 2.24) is 5.32 Å². The highest BCUT2D eigenvalue weighted by Gasteiger charge is 2.06. The summed E-state index contributed by atoms with van der Waals surface area (Å²) in [5.74, 6) is 0.846. The number of hydrogen-bond donors (Lipinski definition) is 1. The molecule has 0 amide bonds. The largest absolute Gasteiger partial charge is 0.377 e. The Labute approximate surface area is 95.8 Å². The molecule has 0 saturated heterocycles. The van der Waals surface area contributed by atoms with Gasteiger partial charge in [0.1, 0.15) is 0 Å². The van der Waals surface area contributed by atoms with Gasteiger partial charge in [0.2, 0.25) is 0 Å². The van der Waals surface area contributed by atoms with Gasteiger partial charge in [-0.25, -0.2) is 0 Å². The third-order valence-electron chi connectivity index (χ3n) is 2.86. The second-order valence-corrected chi connectivity index (χ2v) is 4.34. The minimum atomic E-state index is 0.346. The summed E-state index contributed by atoms with van der Waals surface area (Å²) in [5, 5.41) is 3.50. The van der Waals surface area contributed by atoms with E-state index >= 15 is 0 Å². The standard InChI is InChI=1S/C13H29NO/c1-5-8-9-13(6-2)11-14-10-12(4)15-7-3/h12-14H,5-11H2,1-4H3. The molecule has 0 aliphatic heterocycles. The predicted octanol–water partition coefficient (Wildman–Crippen LogP) is 3.22. The van der Waals surface area contributed by atoms with Crippen molar-refractivity contribution in [3.8, 4) is 0 Å². The summed E-state index contributed by atoms with van der Waals surface area (Å²) >= 11 is 0. The number of ether oxygens (including phenoxy) is 1. The van der Waals surface area contributed by atoms with Crippen LogP contribution in [-0.2, 0) is 4.74 Å². The van der Waals surface area contributed by atoms with Crippen LogP contribution in [0.3, 0.4) is 0 Å². The van der Waals surface area contributed by atoms with Crippen molar-refractivity contribution in [3.05, 3.63) is 0 Å². The lowest BCUT2D eigenvalue weighted by molar-refractivity contribution is 0.0753. The lowest BCUT2D eigenvalue weighted by Gasteiger charge is -2.17. The molecule has 2 unspecified atom stereocenters. The highest BCUT2D eigenvalue weighted by Crippen LogP contribution is 2.11. The van der Waals surface area contributed by atoms with Gasteiger partial charge >= 0.3 is 0 Å². The summed E-state index contributed by atoms with van der Waals surface area (Å²) in [6.07, 6.45) is 5.67. The first-order valence-electron chi connectivity index (χ1n) is 6.56. The van der Waals surface area contributed by atoms with E-state index in [4.69, 9.17) is 4.74 Å². The van der Waals surface area contributed by atoms with E-state index in [2.05, 4.69) is 26.1 Å². The van der Waals surface area contributed by atoms with E-state index in [0.717, 1.165) is 25.6 Å². The fourth-order valence-electron chi connectivity index (χ4n) is 1.78. The fraction of sp³-hybridized carbons (Fsp3) is 1.00. The lowest BCUT2D eigenvalue weighted by atomic mass is 9.99. The van der Waals surface area contributed by atoms with Crippen molar-refractivity contribution >= 4 is 0 Å². The summed E-state index contributed by atoms with van der Waals surface area (Å²) in [5.41, 5.74) is 0. The third kappa shape index (κ3) is 8.88. The van der Waals surface area contributed by atoms with Crippen LogP contribution < -0.4 is 5.32 Å². The number of nitrogens with one attached hydrogen (secondary N) is 1. The van der Waals surface area contributed by atoms with Crippen LogP contribution in [0.2, 0.25) is 0 Å². The topological polar surface area (TPSA) is 21.3 Å². The minimum absolute atomic E-state index is 0.346. The second-order valence-electron chi connectivity index (χ2n) is 4.34. The average molecular weight is 215 g/mol. The molecule has 0 fully saturated rings. The van der Waals surface area contributed by atoms with Gasteiger partial charge in [0, 0.05) is 13.2 Å². The SMILES string of the molecule is CCCCC(CC)CNCC(C)OCC. The molecule has 92 valence electrons. The first-order valence-corrected chi connectivity index (χ1v) is 6.56. The highest BCUT2D eigenvalue weighted by molar-refractivity contribution is 4.63. The van der Waals surface area contributed by atoms with Crippen LogP contribution in [0.15, 0.2) is 0 Å². The van der Waals surface area contributed by atoms with Gasteiger partial charge in [0.15, 0.2) is 0 Å². The molecule has 2 atom stereocenters. The molecule has 0 aliphatic rings. The molecular formula is C13H29NO. The second kappa shape index (κ2) is 10.4. The van der Waals surface area contributed by atoms with E-state index in [9.17, 15) is 0 Å². The molecule has 0 aromatic heterocycles. The van der Waals surface area contributed by atoms with Crippen molar-refractivity contribution in [2.24, 2.45) is 5.92 Å². The third-order valence-corrected chi connectivity index (χ3v) is 2.86. The molecule has 0 saturated carbocycles. The molecule has 15 heavy (non-hydrogen) atoms. The first-order chi connectivity index (χ1) is 7.24. The smallest absolute Gasteiger partial charge is 0.0671 e. The monoisotopic (exact) mass is 215 g/mol. The molecule has 0 bridgehead atoms. The Hall–Kier alpha value is -0.0800. The first kappa shape index (κ1) is 14.9. The molecule has 0 aromatic carbocycles. The van der Waals surface area contributed by atoms with Gasteiger partial charge in [0.25, 0.3) is 0 Å². The zero-order chi connectivity index (χ0) is 11.5. The minimum Gasteiger partial charge on any atom is -0.377 e. The maximum absolute atomic E-state index is 5.48. The van der Waals surface area contributed by atoms with Crippen molar-refractivity contribution in [2.75, 3.05) is 19.7 Å². The summed E-state index contributed by atoms with van der Waals surface area (Å²) < 4.78 is 5.48. The number of rotatable bonds is 10. The molecule has 2 nitrogen and oxygen atoms in total. The van der Waals surface area contributed by atoms with E-state index in [0.29, 0.717) is 6.10 Å². The van der Waals surface area contributed by atoms with E-state index in [1.807, 2.05) is 6.92 Å². The molecule has 0 aliphatic carbocycles. The fourth-order valence-corrected chi connectivity index (χ4v) is 1.78. The molecule has 2 heteroatoms. The van der Waals surface area contributed by atoms with Crippen molar-refractivity contribution in [3.63, 3.8) is 0 Å². The Bertz CT molecular complexity index is 128. The normalized spacial score (nSPS) is 15.2. The Kier molecular flexibility index (Phi) is 10.4. The summed E-state index contributed by atoms with van der Waals surface area (Å²) in [6, 6.07) is 0. The van der Waals surface area contributed by atoms with Gasteiger partial charge in [-0.05, 0) is 32.7 Å². The van der Waals surface area contributed by atoms with E-state index < -0.39 is 0 Å². The van der Waals surface area contributed by atoms with Crippen LogP contribution in [0.4, 0.5) is 0 Å². The van der Waals surface area contributed by atoms with Crippen LogP contribution in [-0.4, -0.2) is 25.8 Å². The average Bonchev–Trinajstić information content (AvgIpc) is 2.23. The van der Waals surface area contributed by atoms with Crippen LogP contribution >= 0.6 is 0 Å². The molecule has 1 N–H and O–H groups in total. The van der Waals surface area contributed by atoms with Crippen LogP contribution in [0, 0.1) is 5.92 Å². The van der Waals surface area contributed by atoms with Gasteiger partial charge in [0.05, 0.1) is 6.10 Å².